The van der Waals surface area contributed by atoms with Crippen LogP contribution in [0.25, 0.3) is 11.3 Å². The first-order valence-corrected chi connectivity index (χ1v) is 8.25. The summed E-state index contributed by atoms with van der Waals surface area (Å²) in [6.45, 7) is 1.09. The third-order valence-electron chi connectivity index (χ3n) is 4.18. The number of rotatable bonds is 5. The lowest BCUT2D eigenvalue weighted by atomic mass is 10.1. The molecule has 1 atom stereocenters. The standard InChI is InChI=1S/C18H15FN4O4/c19-14-5-6-16(20-7-14)13-3-1-12(2-4-13)10-26-15-8-22-9-17(23(24)25)21-18(22)27-11-15/h1-7,9,15H,8,10-11H2/t15-/m0/s1. The fourth-order valence-electron chi connectivity index (χ4n) is 2.79. The van der Waals surface area contributed by atoms with E-state index in [0.717, 1.165) is 11.1 Å². The van der Waals surface area contributed by atoms with Crippen LogP contribution in [-0.2, 0) is 17.9 Å². The second-order valence-corrected chi connectivity index (χ2v) is 6.09. The summed E-state index contributed by atoms with van der Waals surface area (Å²) in [6, 6.07) is 10.9. The lowest BCUT2D eigenvalue weighted by Crippen LogP contribution is -2.32. The van der Waals surface area contributed by atoms with Crippen LogP contribution in [0.4, 0.5) is 10.2 Å². The molecule has 1 aromatic carbocycles. The normalized spacial score (nSPS) is 15.8. The summed E-state index contributed by atoms with van der Waals surface area (Å²) in [5.41, 5.74) is 2.54. The van der Waals surface area contributed by atoms with Gasteiger partial charge in [0.25, 0.3) is 0 Å². The van der Waals surface area contributed by atoms with Crippen molar-refractivity contribution in [3.63, 3.8) is 0 Å². The van der Waals surface area contributed by atoms with E-state index in [-0.39, 0.29) is 30.4 Å². The maximum atomic E-state index is 12.9. The van der Waals surface area contributed by atoms with Gasteiger partial charge >= 0.3 is 11.8 Å². The summed E-state index contributed by atoms with van der Waals surface area (Å²) in [6.07, 6.45) is 2.30. The van der Waals surface area contributed by atoms with Crippen molar-refractivity contribution in [2.24, 2.45) is 0 Å². The Morgan fingerprint density at radius 3 is 2.81 bits per heavy atom. The highest BCUT2D eigenvalue weighted by molar-refractivity contribution is 5.59. The van der Waals surface area contributed by atoms with Crippen molar-refractivity contribution in [2.45, 2.75) is 19.3 Å². The number of ether oxygens (including phenoxy) is 2. The van der Waals surface area contributed by atoms with Crippen LogP contribution in [-0.4, -0.2) is 32.2 Å². The van der Waals surface area contributed by atoms with Gasteiger partial charge in [-0.3, -0.25) is 9.55 Å². The molecule has 0 radical (unpaired) electrons. The van der Waals surface area contributed by atoms with Gasteiger partial charge in [0.2, 0.25) is 0 Å². The summed E-state index contributed by atoms with van der Waals surface area (Å²) in [5.74, 6) is -0.611. The van der Waals surface area contributed by atoms with Crippen molar-refractivity contribution in [1.29, 1.82) is 0 Å². The van der Waals surface area contributed by atoms with E-state index in [1.165, 1.54) is 18.5 Å². The number of benzene rings is 1. The third-order valence-corrected chi connectivity index (χ3v) is 4.18. The van der Waals surface area contributed by atoms with Crippen molar-refractivity contribution >= 4 is 5.82 Å². The van der Waals surface area contributed by atoms with Crippen molar-refractivity contribution in [3.8, 4) is 17.3 Å². The maximum Gasteiger partial charge on any atom is 0.414 e. The van der Waals surface area contributed by atoms with Crippen LogP contribution in [0.15, 0.2) is 48.8 Å². The lowest BCUT2D eigenvalue weighted by Gasteiger charge is -2.22. The van der Waals surface area contributed by atoms with Gasteiger partial charge in [0, 0.05) is 10.5 Å². The zero-order chi connectivity index (χ0) is 18.8. The van der Waals surface area contributed by atoms with E-state index in [1.807, 2.05) is 24.3 Å². The molecule has 4 rings (SSSR count). The van der Waals surface area contributed by atoms with E-state index >= 15 is 0 Å². The van der Waals surface area contributed by atoms with Gasteiger partial charge in [-0.15, -0.1) is 0 Å². The molecule has 0 spiro atoms. The average Bonchev–Trinajstić information content (AvgIpc) is 3.11. The van der Waals surface area contributed by atoms with Crippen molar-refractivity contribution in [1.82, 2.24) is 14.5 Å². The molecule has 0 bridgehead atoms. The van der Waals surface area contributed by atoms with E-state index in [0.29, 0.717) is 18.8 Å². The number of halogens is 1. The van der Waals surface area contributed by atoms with Gasteiger partial charge in [0.1, 0.15) is 24.7 Å². The third kappa shape index (κ3) is 3.77. The van der Waals surface area contributed by atoms with Crippen molar-refractivity contribution < 1.29 is 18.8 Å². The van der Waals surface area contributed by atoms with E-state index in [9.17, 15) is 14.5 Å². The fraction of sp³-hybridized carbons (Fsp3) is 0.222. The van der Waals surface area contributed by atoms with E-state index in [2.05, 4.69) is 9.97 Å². The largest absolute Gasteiger partial charge is 0.443 e. The highest BCUT2D eigenvalue weighted by atomic mass is 19.1. The van der Waals surface area contributed by atoms with Crippen LogP contribution in [0, 0.1) is 15.9 Å². The number of hydrogen-bond donors (Lipinski definition) is 0. The van der Waals surface area contributed by atoms with Gasteiger partial charge in [0.05, 0.1) is 25.0 Å². The van der Waals surface area contributed by atoms with Gasteiger partial charge in [-0.25, -0.2) is 4.39 Å². The number of hydrogen-bond acceptors (Lipinski definition) is 6. The molecule has 1 aliphatic rings. The Labute approximate surface area is 153 Å². The van der Waals surface area contributed by atoms with Gasteiger partial charge in [-0.2, -0.15) is 0 Å². The Balaban J connectivity index is 1.36. The number of aromatic nitrogens is 3. The number of pyridine rings is 1. The monoisotopic (exact) mass is 370 g/mol. The number of nitro groups is 1. The molecule has 0 amide bonds. The van der Waals surface area contributed by atoms with Crippen LogP contribution < -0.4 is 4.74 Å². The first-order chi connectivity index (χ1) is 13.1. The summed E-state index contributed by atoms with van der Waals surface area (Å²) in [7, 11) is 0. The lowest BCUT2D eigenvalue weighted by molar-refractivity contribution is -0.389. The van der Waals surface area contributed by atoms with Crippen LogP contribution in [0.3, 0.4) is 0 Å². The molecule has 0 saturated heterocycles. The average molecular weight is 370 g/mol. The summed E-state index contributed by atoms with van der Waals surface area (Å²) < 4.78 is 25.8. The molecule has 3 heterocycles. The zero-order valence-electron chi connectivity index (χ0n) is 14.1. The van der Waals surface area contributed by atoms with Gasteiger partial charge < -0.3 is 19.6 Å². The molecule has 9 heteroatoms. The highest BCUT2D eigenvalue weighted by Gasteiger charge is 2.28. The molecule has 3 aromatic rings. The molecule has 0 aliphatic carbocycles. The predicted molar refractivity (Wildman–Crippen MR) is 92.6 cm³/mol. The molecular weight excluding hydrogens is 355 g/mol. The first kappa shape index (κ1) is 17.1. The minimum absolute atomic E-state index is 0.232. The summed E-state index contributed by atoms with van der Waals surface area (Å²) in [5, 5.41) is 10.8. The smallest absolute Gasteiger partial charge is 0.414 e. The molecule has 138 valence electrons. The molecule has 0 unspecified atom stereocenters. The minimum Gasteiger partial charge on any atom is -0.443 e. The summed E-state index contributed by atoms with van der Waals surface area (Å²) in [4.78, 5) is 18.1. The second kappa shape index (κ2) is 7.12. The second-order valence-electron chi connectivity index (χ2n) is 6.09. The molecule has 27 heavy (non-hydrogen) atoms. The van der Waals surface area contributed by atoms with Gasteiger partial charge in [-0.1, -0.05) is 24.3 Å². The van der Waals surface area contributed by atoms with Crippen LogP contribution in [0.1, 0.15) is 5.56 Å². The quantitative estimate of drug-likeness (QED) is 0.506. The SMILES string of the molecule is O=[N+]([O-])c1cn2c(n1)OC[C@@H](OCc1ccc(-c3ccc(F)cn3)cc1)C2. The molecule has 2 aromatic heterocycles. The van der Waals surface area contributed by atoms with Crippen LogP contribution >= 0.6 is 0 Å². The number of imidazole rings is 1. The Morgan fingerprint density at radius 1 is 1.30 bits per heavy atom. The Kier molecular flexibility index (Phi) is 4.51. The molecular formula is C18H15FN4O4. The molecule has 0 N–H and O–H groups in total. The number of fused-ring (bicyclic) bond motifs is 1. The predicted octanol–water partition coefficient (Wildman–Crippen LogP) is 2.97. The topological polar surface area (TPSA) is 92.3 Å². The summed E-state index contributed by atoms with van der Waals surface area (Å²) >= 11 is 0. The number of nitrogens with zero attached hydrogens (tertiary/aromatic N) is 4. The van der Waals surface area contributed by atoms with Gasteiger partial charge in [-0.05, 0) is 22.6 Å². The highest BCUT2D eigenvalue weighted by Crippen LogP contribution is 2.23. The fourth-order valence-corrected chi connectivity index (χ4v) is 2.79. The molecule has 0 saturated carbocycles. The first-order valence-electron chi connectivity index (χ1n) is 8.25. The van der Waals surface area contributed by atoms with Crippen molar-refractivity contribution in [3.05, 3.63) is 70.3 Å². The Hall–Kier alpha value is -3.33. The van der Waals surface area contributed by atoms with E-state index in [1.54, 1.807) is 10.6 Å². The molecule has 8 nitrogen and oxygen atoms in total. The Morgan fingerprint density at radius 2 is 2.11 bits per heavy atom. The van der Waals surface area contributed by atoms with Crippen LogP contribution in [0.5, 0.6) is 6.01 Å². The van der Waals surface area contributed by atoms with E-state index < -0.39 is 4.92 Å². The molecule has 1 aliphatic heterocycles. The molecule has 0 fully saturated rings. The van der Waals surface area contributed by atoms with E-state index in [4.69, 9.17) is 9.47 Å². The maximum absolute atomic E-state index is 12.9. The Bertz CT molecular complexity index is 956. The van der Waals surface area contributed by atoms with Gasteiger partial charge in [0.15, 0.2) is 0 Å². The van der Waals surface area contributed by atoms with Crippen LogP contribution in [0.2, 0.25) is 0 Å². The minimum atomic E-state index is -0.553. The van der Waals surface area contributed by atoms with Crippen molar-refractivity contribution in [2.75, 3.05) is 6.61 Å². The zero-order valence-corrected chi connectivity index (χ0v) is 14.1.